The molecule has 0 radical (unpaired) electrons. The maximum Gasteiger partial charge on any atom is 0.247 e. The van der Waals surface area contributed by atoms with Crippen LogP contribution in [0.5, 0.6) is 0 Å². The molecule has 0 aromatic heterocycles. The molecule has 2 heterocycles. The first-order valence-electron chi connectivity index (χ1n) is 10.8. The first-order valence-corrected chi connectivity index (χ1v) is 10.8. The molecular weight excluding hydrogens is 370 g/mol. The molecule has 0 spiro atoms. The number of nitrogens with one attached hydrogen (secondary N) is 1. The van der Waals surface area contributed by atoms with E-state index in [0.29, 0.717) is 38.5 Å². The van der Waals surface area contributed by atoms with Crippen molar-refractivity contribution in [2.75, 3.05) is 39.4 Å². The Kier molecular flexibility index (Phi) is 6.47. The Morgan fingerprint density at radius 3 is 2.48 bits per heavy atom. The number of amides is 2. The minimum Gasteiger partial charge on any atom is -0.379 e. The summed E-state index contributed by atoms with van der Waals surface area (Å²) < 4.78 is 5.44. The number of nitrogens with zero attached hydrogens (tertiary/aromatic N) is 2. The van der Waals surface area contributed by atoms with Crippen molar-refractivity contribution < 1.29 is 19.5 Å². The van der Waals surface area contributed by atoms with Gasteiger partial charge in [-0.25, -0.2) is 5.48 Å². The molecule has 158 valence electrons. The average Bonchev–Trinajstić information content (AvgIpc) is 3.29. The van der Waals surface area contributed by atoms with E-state index < -0.39 is 11.8 Å². The number of ether oxygens (including phenoxy) is 1. The molecule has 7 heteroatoms. The number of likely N-dealkylation sites (tertiary alicyclic amines) is 1. The number of hydrogen-bond acceptors (Lipinski definition) is 5. The van der Waals surface area contributed by atoms with Crippen molar-refractivity contribution in [3.8, 4) is 0 Å². The van der Waals surface area contributed by atoms with Crippen LogP contribution in [0.2, 0.25) is 0 Å². The molecule has 4 rings (SSSR count). The molecule has 29 heavy (non-hydrogen) atoms. The van der Waals surface area contributed by atoms with Crippen LogP contribution in [0, 0.1) is 11.8 Å². The highest BCUT2D eigenvalue weighted by atomic mass is 16.5. The topological polar surface area (TPSA) is 82.1 Å². The second-order valence-corrected chi connectivity index (χ2v) is 8.48. The Morgan fingerprint density at radius 2 is 1.76 bits per heavy atom. The van der Waals surface area contributed by atoms with Crippen molar-refractivity contribution in [3.63, 3.8) is 0 Å². The Hall–Kier alpha value is -1.96. The molecule has 1 aliphatic carbocycles. The smallest absolute Gasteiger partial charge is 0.247 e. The minimum absolute atomic E-state index is 0.0671. The highest BCUT2D eigenvalue weighted by Gasteiger charge is 2.43. The number of rotatable bonds is 4. The molecule has 2 saturated heterocycles. The van der Waals surface area contributed by atoms with E-state index >= 15 is 0 Å². The van der Waals surface area contributed by atoms with Crippen molar-refractivity contribution in [2.24, 2.45) is 11.8 Å². The standard InChI is InChI=1S/C22H31N3O4/c26-21(23-28)20-14-18(24-10-12-29-13-11-24)6-7-19(20)22(27)25-9-8-17(15-25)16-4-2-1-3-5-16/h1-5,17-20,28H,6-15H2,(H,23,26)/t17-,18-,19-,20-/m0/s1. The minimum atomic E-state index is -0.482. The molecule has 0 bridgehead atoms. The first kappa shape index (κ1) is 20.3. The lowest BCUT2D eigenvalue weighted by atomic mass is 9.75. The highest BCUT2D eigenvalue weighted by molar-refractivity contribution is 5.87. The SMILES string of the molecule is O=C(NO)[C@H]1C[C@@H](N2CCOCC2)CC[C@@H]1C(=O)N1CC[C@H](c2ccccc2)C1. The van der Waals surface area contributed by atoms with E-state index in [9.17, 15) is 14.8 Å². The lowest BCUT2D eigenvalue weighted by Gasteiger charge is -2.42. The molecule has 3 fully saturated rings. The largest absolute Gasteiger partial charge is 0.379 e. The number of hydrogen-bond donors (Lipinski definition) is 2. The van der Waals surface area contributed by atoms with Crippen LogP contribution >= 0.6 is 0 Å². The molecule has 2 N–H and O–H groups in total. The van der Waals surface area contributed by atoms with E-state index in [1.54, 1.807) is 0 Å². The predicted octanol–water partition coefficient (Wildman–Crippen LogP) is 1.62. The van der Waals surface area contributed by atoms with E-state index in [-0.39, 0.29) is 17.9 Å². The lowest BCUT2D eigenvalue weighted by Crippen LogP contribution is -2.52. The summed E-state index contributed by atoms with van der Waals surface area (Å²) in [6.45, 7) is 4.59. The van der Waals surface area contributed by atoms with E-state index in [4.69, 9.17) is 4.74 Å². The second-order valence-electron chi connectivity index (χ2n) is 8.48. The van der Waals surface area contributed by atoms with Gasteiger partial charge in [0.2, 0.25) is 11.8 Å². The van der Waals surface area contributed by atoms with Gasteiger partial charge in [-0.1, -0.05) is 30.3 Å². The van der Waals surface area contributed by atoms with Crippen molar-refractivity contribution in [3.05, 3.63) is 35.9 Å². The molecule has 0 unspecified atom stereocenters. The van der Waals surface area contributed by atoms with Crippen LogP contribution in [0.1, 0.15) is 37.2 Å². The van der Waals surface area contributed by atoms with Crippen LogP contribution in [0.15, 0.2) is 30.3 Å². The summed E-state index contributed by atoms with van der Waals surface area (Å²) in [5, 5.41) is 9.28. The molecule has 1 saturated carbocycles. The molecule has 2 aliphatic heterocycles. The van der Waals surface area contributed by atoms with Crippen molar-refractivity contribution in [1.29, 1.82) is 0 Å². The van der Waals surface area contributed by atoms with Crippen LogP contribution in [-0.4, -0.2) is 72.3 Å². The Bertz CT molecular complexity index is 707. The molecule has 1 aromatic carbocycles. The van der Waals surface area contributed by atoms with Crippen molar-refractivity contribution in [2.45, 2.75) is 37.6 Å². The van der Waals surface area contributed by atoms with Gasteiger partial charge >= 0.3 is 0 Å². The third-order valence-electron chi connectivity index (χ3n) is 6.92. The Balaban J connectivity index is 1.42. The highest BCUT2D eigenvalue weighted by Crippen LogP contribution is 2.36. The summed E-state index contributed by atoms with van der Waals surface area (Å²) in [5.41, 5.74) is 3.08. The number of benzene rings is 1. The van der Waals surface area contributed by atoms with Crippen LogP contribution in [-0.2, 0) is 14.3 Å². The van der Waals surface area contributed by atoms with Crippen LogP contribution < -0.4 is 5.48 Å². The van der Waals surface area contributed by atoms with Gasteiger partial charge in [-0.15, -0.1) is 0 Å². The summed E-state index contributed by atoms with van der Waals surface area (Å²) in [6, 6.07) is 10.6. The maximum atomic E-state index is 13.3. The molecule has 1 aromatic rings. The Labute approximate surface area is 172 Å². The normalized spacial score (nSPS) is 30.9. The average molecular weight is 402 g/mol. The molecular formula is C22H31N3O4. The molecule has 7 nitrogen and oxygen atoms in total. The third kappa shape index (κ3) is 4.47. The summed E-state index contributed by atoms with van der Waals surface area (Å²) in [4.78, 5) is 30.0. The van der Waals surface area contributed by atoms with Gasteiger partial charge in [0.25, 0.3) is 0 Å². The number of carbonyl (C=O) groups is 2. The number of hydroxylamine groups is 1. The summed E-state index contributed by atoms with van der Waals surface area (Å²) in [5.74, 6) is -0.841. The zero-order chi connectivity index (χ0) is 20.2. The zero-order valence-electron chi connectivity index (χ0n) is 16.8. The molecule has 4 atom stereocenters. The summed E-state index contributed by atoms with van der Waals surface area (Å²) in [7, 11) is 0. The van der Waals surface area contributed by atoms with Gasteiger partial charge in [-0.3, -0.25) is 19.7 Å². The van der Waals surface area contributed by atoms with E-state index in [1.807, 2.05) is 28.6 Å². The van der Waals surface area contributed by atoms with Gasteiger partial charge in [0.15, 0.2) is 0 Å². The van der Waals surface area contributed by atoms with Gasteiger partial charge in [-0.05, 0) is 31.2 Å². The van der Waals surface area contributed by atoms with Gasteiger partial charge in [0.05, 0.1) is 19.1 Å². The van der Waals surface area contributed by atoms with E-state index in [0.717, 1.165) is 32.5 Å². The maximum absolute atomic E-state index is 13.3. The van der Waals surface area contributed by atoms with Crippen LogP contribution in [0.25, 0.3) is 0 Å². The fraction of sp³-hybridized carbons (Fsp3) is 0.636. The fourth-order valence-corrected chi connectivity index (χ4v) is 5.28. The molecule has 2 amide bonds. The zero-order valence-corrected chi connectivity index (χ0v) is 16.8. The Morgan fingerprint density at radius 1 is 1.00 bits per heavy atom. The third-order valence-corrected chi connectivity index (χ3v) is 6.92. The quantitative estimate of drug-likeness (QED) is 0.592. The summed E-state index contributed by atoms with van der Waals surface area (Å²) in [6.07, 6.45) is 3.15. The van der Waals surface area contributed by atoms with Gasteiger partial charge in [0.1, 0.15) is 0 Å². The van der Waals surface area contributed by atoms with Gasteiger partial charge in [-0.2, -0.15) is 0 Å². The van der Waals surface area contributed by atoms with Gasteiger partial charge in [0, 0.05) is 44.1 Å². The molecule has 3 aliphatic rings. The monoisotopic (exact) mass is 401 g/mol. The van der Waals surface area contributed by atoms with Crippen molar-refractivity contribution in [1.82, 2.24) is 15.3 Å². The second kappa shape index (κ2) is 9.24. The number of morpholine rings is 1. The number of carbonyl (C=O) groups excluding carboxylic acids is 2. The first-order chi connectivity index (χ1) is 14.2. The predicted molar refractivity (Wildman–Crippen MR) is 107 cm³/mol. The van der Waals surface area contributed by atoms with Gasteiger partial charge < -0.3 is 9.64 Å². The van der Waals surface area contributed by atoms with E-state index in [1.165, 1.54) is 5.56 Å². The van der Waals surface area contributed by atoms with E-state index in [2.05, 4.69) is 17.0 Å². The lowest BCUT2D eigenvalue weighted by molar-refractivity contribution is -0.148. The summed E-state index contributed by atoms with van der Waals surface area (Å²) >= 11 is 0. The van der Waals surface area contributed by atoms with Crippen LogP contribution in [0.4, 0.5) is 0 Å². The fourth-order valence-electron chi connectivity index (χ4n) is 5.28. The van der Waals surface area contributed by atoms with Crippen molar-refractivity contribution >= 4 is 11.8 Å². The van der Waals surface area contributed by atoms with Crippen LogP contribution in [0.3, 0.4) is 0 Å².